The molecule has 1 aliphatic heterocycles. The summed E-state index contributed by atoms with van der Waals surface area (Å²) in [5.41, 5.74) is 1.22. The number of pyridine rings is 1. The van der Waals surface area contributed by atoms with Crippen molar-refractivity contribution in [2.24, 2.45) is 11.8 Å². The first-order chi connectivity index (χ1) is 6.84. The van der Waals surface area contributed by atoms with Crippen molar-refractivity contribution in [3.05, 3.63) is 23.9 Å². The highest BCUT2D eigenvalue weighted by Crippen LogP contribution is 2.43. The summed E-state index contributed by atoms with van der Waals surface area (Å²) >= 11 is 0. The van der Waals surface area contributed by atoms with Gasteiger partial charge in [-0.05, 0) is 30.4 Å². The van der Waals surface area contributed by atoms with E-state index >= 15 is 0 Å². The first-order valence-corrected chi connectivity index (χ1v) is 5.24. The minimum atomic E-state index is 0.673. The zero-order valence-corrected chi connectivity index (χ0v) is 8.33. The van der Waals surface area contributed by atoms with Crippen LogP contribution in [0, 0.1) is 18.8 Å². The molecule has 0 radical (unpaired) electrons. The molecule has 3 heteroatoms. The highest BCUT2D eigenvalue weighted by atomic mass is 15.1. The number of rotatable bonds is 2. The zero-order chi connectivity index (χ0) is 9.54. The van der Waals surface area contributed by atoms with Gasteiger partial charge in [-0.25, -0.2) is 4.98 Å². The lowest BCUT2D eigenvalue weighted by atomic mass is 10.3. The minimum absolute atomic E-state index is 0.673. The van der Waals surface area contributed by atoms with Crippen LogP contribution in [0.5, 0.6) is 0 Å². The third-order valence-corrected chi connectivity index (χ3v) is 3.32. The molecule has 0 bridgehead atoms. The number of fused-ring (bicyclic) bond motifs is 1. The Bertz CT molecular complexity index is 323. The quantitative estimate of drug-likeness (QED) is 0.729. The van der Waals surface area contributed by atoms with Gasteiger partial charge in [0.2, 0.25) is 0 Å². The number of piperidine rings is 1. The van der Waals surface area contributed by atoms with Crippen molar-refractivity contribution in [3.63, 3.8) is 0 Å². The third-order valence-electron chi connectivity index (χ3n) is 3.32. The summed E-state index contributed by atoms with van der Waals surface area (Å²) < 4.78 is 0. The molecule has 2 fully saturated rings. The number of aromatic nitrogens is 1. The van der Waals surface area contributed by atoms with Gasteiger partial charge in [0.15, 0.2) is 0 Å². The van der Waals surface area contributed by atoms with Crippen molar-refractivity contribution < 1.29 is 0 Å². The van der Waals surface area contributed by atoms with Crippen molar-refractivity contribution in [1.29, 1.82) is 0 Å². The summed E-state index contributed by atoms with van der Waals surface area (Å²) in [5.74, 6) is 2.71. The normalized spacial score (nSPS) is 33.9. The van der Waals surface area contributed by atoms with Crippen molar-refractivity contribution in [3.8, 4) is 0 Å². The van der Waals surface area contributed by atoms with Gasteiger partial charge in [0.25, 0.3) is 0 Å². The maximum absolute atomic E-state index is 4.35. The van der Waals surface area contributed by atoms with Crippen molar-refractivity contribution in [1.82, 2.24) is 10.3 Å². The molecule has 74 valence electrons. The molecule has 1 saturated heterocycles. The molecule has 1 aromatic heterocycles. The predicted molar refractivity (Wildman–Crippen MR) is 56.2 cm³/mol. The van der Waals surface area contributed by atoms with Crippen LogP contribution in [0.25, 0.3) is 0 Å². The van der Waals surface area contributed by atoms with E-state index in [0.717, 1.165) is 17.7 Å². The summed E-state index contributed by atoms with van der Waals surface area (Å²) in [4.78, 5) is 4.35. The Hall–Kier alpha value is -1.09. The van der Waals surface area contributed by atoms with E-state index < -0.39 is 0 Å². The van der Waals surface area contributed by atoms with Gasteiger partial charge >= 0.3 is 0 Å². The lowest BCUT2D eigenvalue weighted by molar-refractivity contribution is 0.695. The Morgan fingerprint density at radius 2 is 2.14 bits per heavy atom. The van der Waals surface area contributed by atoms with Gasteiger partial charge in [0.1, 0.15) is 5.82 Å². The van der Waals surface area contributed by atoms with Crippen LogP contribution in [-0.4, -0.2) is 24.1 Å². The van der Waals surface area contributed by atoms with Crippen molar-refractivity contribution in [2.45, 2.75) is 13.0 Å². The van der Waals surface area contributed by atoms with Crippen LogP contribution in [-0.2, 0) is 0 Å². The van der Waals surface area contributed by atoms with Crippen LogP contribution in [0.4, 0.5) is 5.82 Å². The van der Waals surface area contributed by atoms with Crippen LogP contribution < -0.4 is 10.6 Å². The Labute approximate surface area is 83.9 Å². The average molecular weight is 189 g/mol. The molecule has 3 atom stereocenters. The molecule has 1 aliphatic carbocycles. The lowest BCUT2D eigenvalue weighted by Gasteiger charge is -2.07. The second-order valence-corrected chi connectivity index (χ2v) is 4.38. The smallest absolute Gasteiger partial charge is 0.126 e. The van der Waals surface area contributed by atoms with Crippen LogP contribution in [0.15, 0.2) is 18.3 Å². The Kier molecular flexibility index (Phi) is 1.74. The molecule has 1 unspecified atom stereocenters. The maximum Gasteiger partial charge on any atom is 0.126 e. The number of hydrogen-bond acceptors (Lipinski definition) is 3. The Balaban J connectivity index is 1.65. The van der Waals surface area contributed by atoms with Crippen LogP contribution in [0.1, 0.15) is 5.56 Å². The largest absolute Gasteiger partial charge is 0.367 e. The Morgan fingerprint density at radius 3 is 2.79 bits per heavy atom. The Morgan fingerprint density at radius 1 is 1.36 bits per heavy atom. The van der Waals surface area contributed by atoms with E-state index in [-0.39, 0.29) is 0 Å². The standard InChI is InChI=1S/C11H15N3/c1-7-2-3-10(13-4-7)14-11-8-5-12-6-9(8)11/h2-4,8-9,11-12H,5-6H2,1H3,(H,13,14)/t8-,9+,11?. The number of aryl methyl sites for hydroxylation is 1. The van der Waals surface area contributed by atoms with Crippen molar-refractivity contribution >= 4 is 5.82 Å². The molecular weight excluding hydrogens is 174 g/mol. The second kappa shape index (κ2) is 2.95. The van der Waals surface area contributed by atoms with Gasteiger partial charge in [0, 0.05) is 25.3 Å². The second-order valence-electron chi connectivity index (χ2n) is 4.38. The van der Waals surface area contributed by atoms with Gasteiger partial charge in [-0.15, -0.1) is 0 Å². The number of nitrogens with one attached hydrogen (secondary N) is 2. The van der Waals surface area contributed by atoms with E-state index in [9.17, 15) is 0 Å². The number of nitrogens with zero attached hydrogens (tertiary/aromatic N) is 1. The molecule has 3 rings (SSSR count). The van der Waals surface area contributed by atoms with E-state index in [2.05, 4.69) is 34.7 Å². The molecule has 1 saturated carbocycles. The highest BCUT2D eigenvalue weighted by molar-refractivity contribution is 5.40. The first kappa shape index (κ1) is 8.24. The summed E-state index contributed by atoms with van der Waals surface area (Å²) in [6, 6.07) is 4.84. The SMILES string of the molecule is Cc1ccc(NC2[C@H]3CNC[C@@H]23)nc1. The summed E-state index contributed by atoms with van der Waals surface area (Å²) in [6.07, 6.45) is 1.92. The topological polar surface area (TPSA) is 37.0 Å². The molecule has 2 N–H and O–H groups in total. The molecule has 2 heterocycles. The molecule has 0 spiro atoms. The van der Waals surface area contributed by atoms with E-state index in [1.54, 1.807) is 0 Å². The van der Waals surface area contributed by atoms with E-state index in [1.807, 2.05) is 6.20 Å². The van der Waals surface area contributed by atoms with E-state index in [4.69, 9.17) is 0 Å². The average Bonchev–Trinajstić information content (AvgIpc) is 2.63. The molecular formula is C11H15N3. The van der Waals surface area contributed by atoms with Crippen LogP contribution in [0.3, 0.4) is 0 Å². The molecule has 0 amide bonds. The molecule has 0 aromatic carbocycles. The molecule has 1 aromatic rings. The summed E-state index contributed by atoms with van der Waals surface area (Å²) in [6.45, 7) is 4.41. The molecule has 14 heavy (non-hydrogen) atoms. The van der Waals surface area contributed by atoms with Crippen molar-refractivity contribution in [2.75, 3.05) is 18.4 Å². The predicted octanol–water partition coefficient (Wildman–Crippen LogP) is 1.02. The summed E-state index contributed by atoms with van der Waals surface area (Å²) in [7, 11) is 0. The van der Waals surface area contributed by atoms with Gasteiger partial charge in [0.05, 0.1) is 0 Å². The van der Waals surface area contributed by atoms with E-state index in [0.29, 0.717) is 6.04 Å². The fraction of sp³-hybridized carbons (Fsp3) is 0.545. The fourth-order valence-corrected chi connectivity index (χ4v) is 2.36. The lowest BCUT2D eigenvalue weighted by Crippen LogP contribution is -2.21. The molecule has 3 nitrogen and oxygen atoms in total. The monoisotopic (exact) mass is 189 g/mol. The van der Waals surface area contributed by atoms with Gasteiger partial charge < -0.3 is 10.6 Å². The van der Waals surface area contributed by atoms with E-state index in [1.165, 1.54) is 18.7 Å². The first-order valence-electron chi connectivity index (χ1n) is 5.24. The maximum atomic E-state index is 4.35. The highest BCUT2D eigenvalue weighted by Gasteiger charge is 2.52. The van der Waals surface area contributed by atoms with Gasteiger partial charge in [-0.2, -0.15) is 0 Å². The minimum Gasteiger partial charge on any atom is -0.367 e. The van der Waals surface area contributed by atoms with Crippen LogP contribution >= 0.6 is 0 Å². The zero-order valence-electron chi connectivity index (χ0n) is 8.33. The fourth-order valence-electron chi connectivity index (χ4n) is 2.36. The van der Waals surface area contributed by atoms with Crippen LogP contribution in [0.2, 0.25) is 0 Å². The van der Waals surface area contributed by atoms with Gasteiger partial charge in [-0.3, -0.25) is 0 Å². The summed E-state index contributed by atoms with van der Waals surface area (Å²) in [5, 5.41) is 6.88. The third kappa shape index (κ3) is 1.28. The number of hydrogen-bond donors (Lipinski definition) is 2. The molecule has 2 aliphatic rings. The number of anilines is 1. The van der Waals surface area contributed by atoms with Gasteiger partial charge in [-0.1, -0.05) is 6.07 Å².